The third kappa shape index (κ3) is 3.39. The Morgan fingerprint density at radius 2 is 2.11 bits per heavy atom. The first-order valence-corrected chi connectivity index (χ1v) is 9.42. The second-order valence-corrected chi connectivity index (χ2v) is 6.93. The summed E-state index contributed by atoms with van der Waals surface area (Å²) in [6.45, 7) is 2.06. The normalized spacial score (nSPS) is 10.8. The van der Waals surface area contributed by atoms with Crippen LogP contribution in [0.4, 0.5) is 5.95 Å². The molecule has 0 saturated carbocycles. The Hall–Kier alpha value is -3.46. The maximum Gasteiger partial charge on any atom is 0.272 e. The van der Waals surface area contributed by atoms with Gasteiger partial charge in [0.2, 0.25) is 0 Å². The average Bonchev–Trinajstić information content (AvgIpc) is 3.36. The van der Waals surface area contributed by atoms with Crippen LogP contribution in [-0.2, 0) is 6.42 Å². The zero-order valence-corrected chi connectivity index (χ0v) is 16.0. The molecule has 0 aliphatic heterocycles. The second-order valence-electron chi connectivity index (χ2n) is 5.88. The van der Waals surface area contributed by atoms with E-state index in [1.807, 2.05) is 42.5 Å². The number of aromatic nitrogens is 4. The lowest BCUT2D eigenvalue weighted by Crippen LogP contribution is -2.12. The minimum absolute atomic E-state index is 0.0972. The van der Waals surface area contributed by atoms with Gasteiger partial charge in [0.1, 0.15) is 16.4 Å². The molecule has 9 heteroatoms. The number of hydrogen-bond acceptors (Lipinski definition) is 7. The molecular formula is C19H17N5O3S. The topological polar surface area (TPSA) is 102 Å². The molecule has 0 spiro atoms. The molecule has 0 aliphatic rings. The Morgan fingerprint density at radius 1 is 1.25 bits per heavy atom. The van der Waals surface area contributed by atoms with Crippen LogP contribution >= 0.6 is 11.3 Å². The van der Waals surface area contributed by atoms with Crippen molar-refractivity contribution in [2.75, 3.05) is 12.4 Å². The number of H-pyrrole nitrogens is 1. The van der Waals surface area contributed by atoms with Crippen LogP contribution < -0.4 is 14.8 Å². The molecule has 1 amide bonds. The standard InChI is InChI=1S/C19H17N5O3S/c1-3-11-6-4-5-7-14(11)27-16-13-10-12(26-2)8-9-15(13)28-17(16)18(25)20-19-21-23-24-22-19/h4-10H,3H2,1-2H3,(H2,20,21,22,23,24,25). The molecular weight excluding hydrogens is 378 g/mol. The Labute approximate surface area is 164 Å². The zero-order valence-electron chi connectivity index (χ0n) is 15.2. The predicted molar refractivity (Wildman–Crippen MR) is 106 cm³/mol. The maximum absolute atomic E-state index is 12.9. The Morgan fingerprint density at radius 3 is 2.86 bits per heavy atom. The van der Waals surface area contributed by atoms with E-state index in [0.717, 1.165) is 22.1 Å². The van der Waals surface area contributed by atoms with Gasteiger partial charge in [0.15, 0.2) is 5.75 Å². The molecule has 2 N–H and O–H groups in total. The highest BCUT2D eigenvalue weighted by molar-refractivity contribution is 7.21. The summed E-state index contributed by atoms with van der Waals surface area (Å²) in [4.78, 5) is 13.3. The van der Waals surface area contributed by atoms with Crippen molar-refractivity contribution < 1.29 is 14.3 Å². The second kappa shape index (κ2) is 7.65. The Kier molecular flexibility index (Phi) is 4.90. The van der Waals surface area contributed by atoms with Crippen LogP contribution in [-0.4, -0.2) is 33.6 Å². The van der Waals surface area contributed by atoms with Crippen molar-refractivity contribution in [2.45, 2.75) is 13.3 Å². The number of rotatable bonds is 6. The number of tetrazole rings is 1. The van der Waals surface area contributed by atoms with Crippen LogP contribution in [0.1, 0.15) is 22.2 Å². The minimum Gasteiger partial charge on any atom is -0.497 e. The fraction of sp³-hybridized carbons (Fsp3) is 0.158. The number of carbonyl (C=O) groups is 1. The van der Waals surface area contributed by atoms with E-state index >= 15 is 0 Å². The fourth-order valence-corrected chi connectivity index (χ4v) is 3.82. The molecule has 0 aliphatic carbocycles. The van der Waals surface area contributed by atoms with Crippen molar-refractivity contribution in [1.29, 1.82) is 0 Å². The number of hydrogen-bond donors (Lipinski definition) is 2. The molecule has 8 nitrogen and oxygen atoms in total. The average molecular weight is 395 g/mol. The number of carbonyl (C=O) groups excluding carboxylic acids is 1. The summed E-state index contributed by atoms with van der Waals surface area (Å²) in [5.74, 6) is 1.59. The molecule has 2 aromatic heterocycles. The fourth-order valence-electron chi connectivity index (χ4n) is 2.81. The van der Waals surface area contributed by atoms with Crippen molar-refractivity contribution in [1.82, 2.24) is 20.6 Å². The van der Waals surface area contributed by atoms with Crippen LogP contribution in [0.15, 0.2) is 42.5 Å². The largest absolute Gasteiger partial charge is 0.497 e. The van der Waals surface area contributed by atoms with Gasteiger partial charge in [-0.3, -0.25) is 10.1 Å². The molecule has 142 valence electrons. The molecule has 0 saturated heterocycles. The van der Waals surface area contributed by atoms with Gasteiger partial charge < -0.3 is 9.47 Å². The van der Waals surface area contributed by atoms with Crippen LogP contribution in [0, 0.1) is 0 Å². The lowest BCUT2D eigenvalue weighted by molar-refractivity contribution is 0.102. The van der Waals surface area contributed by atoms with E-state index in [4.69, 9.17) is 9.47 Å². The highest BCUT2D eigenvalue weighted by Gasteiger charge is 2.23. The summed E-state index contributed by atoms with van der Waals surface area (Å²) >= 11 is 1.33. The van der Waals surface area contributed by atoms with Crippen LogP contribution in [0.3, 0.4) is 0 Å². The zero-order chi connectivity index (χ0) is 19.5. The Balaban J connectivity index is 1.81. The van der Waals surface area contributed by atoms with E-state index in [1.165, 1.54) is 11.3 Å². The summed E-state index contributed by atoms with van der Waals surface area (Å²) in [7, 11) is 1.60. The minimum atomic E-state index is -0.370. The smallest absolute Gasteiger partial charge is 0.272 e. The van der Waals surface area contributed by atoms with Crippen molar-refractivity contribution in [3.05, 3.63) is 52.9 Å². The molecule has 0 bridgehead atoms. The van der Waals surface area contributed by atoms with Gasteiger partial charge in [-0.2, -0.15) is 5.21 Å². The number of thiophene rings is 1. The van der Waals surface area contributed by atoms with Gasteiger partial charge in [-0.15, -0.1) is 16.4 Å². The van der Waals surface area contributed by atoms with Crippen LogP contribution in [0.2, 0.25) is 0 Å². The number of fused-ring (bicyclic) bond motifs is 1. The number of nitrogens with one attached hydrogen (secondary N) is 2. The first-order valence-electron chi connectivity index (χ1n) is 8.60. The van der Waals surface area contributed by atoms with Gasteiger partial charge in [0.25, 0.3) is 11.9 Å². The highest BCUT2D eigenvalue weighted by Crippen LogP contribution is 2.42. The lowest BCUT2D eigenvalue weighted by Gasteiger charge is -2.11. The lowest BCUT2D eigenvalue weighted by atomic mass is 10.1. The molecule has 0 radical (unpaired) electrons. The van der Waals surface area contributed by atoms with Gasteiger partial charge in [0, 0.05) is 10.1 Å². The van der Waals surface area contributed by atoms with E-state index in [-0.39, 0.29) is 11.9 Å². The maximum atomic E-state index is 12.9. The van der Waals surface area contributed by atoms with E-state index < -0.39 is 0 Å². The molecule has 28 heavy (non-hydrogen) atoms. The summed E-state index contributed by atoms with van der Waals surface area (Å²) in [6.07, 6.45) is 0.811. The van der Waals surface area contributed by atoms with Crippen molar-refractivity contribution in [3.8, 4) is 17.2 Å². The highest BCUT2D eigenvalue weighted by atomic mass is 32.1. The number of nitrogens with zero attached hydrogens (tertiary/aromatic N) is 3. The first-order chi connectivity index (χ1) is 13.7. The number of aryl methyl sites for hydroxylation is 1. The van der Waals surface area contributed by atoms with Crippen LogP contribution in [0.25, 0.3) is 10.1 Å². The molecule has 4 rings (SSSR count). The summed E-state index contributed by atoms with van der Waals surface area (Å²) < 4.78 is 12.5. The number of amides is 1. The first kappa shape index (κ1) is 17.9. The monoisotopic (exact) mass is 395 g/mol. The molecule has 0 unspecified atom stereocenters. The summed E-state index contributed by atoms with van der Waals surface area (Å²) in [5.41, 5.74) is 1.05. The quantitative estimate of drug-likeness (QED) is 0.511. The van der Waals surface area contributed by atoms with E-state index in [2.05, 4.69) is 32.9 Å². The van der Waals surface area contributed by atoms with Gasteiger partial charge in [-0.25, -0.2) is 0 Å². The Bertz CT molecular complexity index is 1120. The number of para-hydroxylation sites is 1. The van der Waals surface area contributed by atoms with E-state index in [1.54, 1.807) is 7.11 Å². The molecule has 0 fully saturated rings. The molecule has 4 aromatic rings. The van der Waals surface area contributed by atoms with Crippen molar-refractivity contribution in [3.63, 3.8) is 0 Å². The third-order valence-electron chi connectivity index (χ3n) is 4.19. The van der Waals surface area contributed by atoms with Gasteiger partial charge in [0.05, 0.1) is 7.11 Å². The number of aromatic amines is 1. The number of benzene rings is 2. The molecule has 0 atom stereocenters. The SMILES string of the molecule is CCc1ccccc1Oc1c(C(=O)Nc2nn[nH]n2)sc2ccc(OC)cc12. The van der Waals surface area contributed by atoms with Crippen molar-refractivity contribution >= 4 is 33.3 Å². The van der Waals surface area contributed by atoms with E-state index in [0.29, 0.717) is 22.1 Å². The van der Waals surface area contributed by atoms with E-state index in [9.17, 15) is 4.79 Å². The number of anilines is 1. The molecule has 2 aromatic carbocycles. The van der Waals surface area contributed by atoms with Gasteiger partial charge in [-0.05, 0) is 41.5 Å². The molecule has 2 heterocycles. The third-order valence-corrected chi connectivity index (χ3v) is 5.34. The number of ether oxygens (including phenoxy) is 2. The van der Waals surface area contributed by atoms with Crippen LogP contribution in [0.5, 0.6) is 17.2 Å². The van der Waals surface area contributed by atoms with Crippen molar-refractivity contribution in [2.24, 2.45) is 0 Å². The van der Waals surface area contributed by atoms with Gasteiger partial charge >= 0.3 is 0 Å². The van der Waals surface area contributed by atoms with Gasteiger partial charge in [-0.1, -0.05) is 30.2 Å². The number of methoxy groups -OCH3 is 1. The summed E-state index contributed by atoms with van der Waals surface area (Å²) in [5, 5.41) is 16.7. The summed E-state index contributed by atoms with van der Waals surface area (Å²) in [6, 6.07) is 13.4. The predicted octanol–water partition coefficient (Wildman–Crippen LogP) is 4.03.